The van der Waals surface area contributed by atoms with Crippen molar-refractivity contribution in [3.63, 3.8) is 0 Å². The molecular formula is C16H32OS. The Morgan fingerprint density at radius 3 is 2.22 bits per heavy atom. The van der Waals surface area contributed by atoms with E-state index in [0.29, 0.717) is 6.10 Å². The van der Waals surface area contributed by atoms with Gasteiger partial charge in [0.05, 0.1) is 11.7 Å². The molecule has 1 rings (SSSR count). The van der Waals surface area contributed by atoms with Crippen LogP contribution in [0.5, 0.6) is 0 Å². The summed E-state index contributed by atoms with van der Waals surface area (Å²) in [6.07, 6.45) is 12.2. The first-order valence-corrected chi connectivity index (χ1v) is 9.11. The van der Waals surface area contributed by atoms with Crippen LogP contribution >= 0.6 is 11.8 Å². The fourth-order valence-corrected chi connectivity index (χ4v) is 3.80. The Morgan fingerprint density at radius 1 is 1.00 bits per heavy atom. The lowest BCUT2D eigenvalue weighted by Crippen LogP contribution is -2.35. The summed E-state index contributed by atoms with van der Waals surface area (Å²) in [5, 5.41) is 0. The van der Waals surface area contributed by atoms with Crippen molar-refractivity contribution >= 4 is 11.8 Å². The standard InChI is InChI=1S/C16H32OS/c1-4-6-8-12-16(3,11-7-5-2)17-15-9-13-18-14-10-15/h15H,4-14H2,1-3H3. The Balaban J connectivity index is 2.40. The molecule has 0 N–H and O–H groups in total. The predicted octanol–water partition coefficient (Wildman–Crippen LogP) is 5.43. The Kier molecular flexibility index (Phi) is 8.41. The van der Waals surface area contributed by atoms with Gasteiger partial charge in [-0.3, -0.25) is 0 Å². The van der Waals surface area contributed by atoms with E-state index in [0.717, 1.165) is 0 Å². The molecule has 0 radical (unpaired) electrons. The van der Waals surface area contributed by atoms with E-state index in [4.69, 9.17) is 4.74 Å². The number of ether oxygens (including phenoxy) is 1. The summed E-state index contributed by atoms with van der Waals surface area (Å²) in [6, 6.07) is 0. The zero-order valence-corrected chi connectivity index (χ0v) is 13.5. The highest BCUT2D eigenvalue weighted by molar-refractivity contribution is 7.99. The van der Waals surface area contributed by atoms with Gasteiger partial charge in [0.15, 0.2) is 0 Å². The number of hydrogen-bond donors (Lipinski definition) is 0. The highest BCUT2D eigenvalue weighted by Crippen LogP contribution is 2.31. The molecular weight excluding hydrogens is 240 g/mol. The van der Waals surface area contributed by atoms with Crippen LogP contribution in [-0.4, -0.2) is 23.2 Å². The second-order valence-electron chi connectivity index (χ2n) is 5.94. The van der Waals surface area contributed by atoms with E-state index in [9.17, 15) is 0 Å². The van der Waals surface area contributed by atoms with Crippen molar-refractivity contribution < 1.29 is 4.74 Å². The van der Waals surface area contributed by atoms with E-state index in [2.05, 4.69) is 32.5 Å². The minimum atomic E-state index is 0.151. The first kappa shape index (κ1) is 16.4. The molecule has 1 fully saturated rings. The van der Waals surface area contributed by atoms with Gasteiger partial charge in [-0.1, -0.05) is 46.0 Å². The minimum absolute atomic E-state index is 0.151. The predicted molar refractivity (Wildman–Crippen MR) is 83.5 cm³/mol. The molecule has 1 saturated heterocycles. The van der Waals surface area contributed by atoms with E-state index in [1.807, 2.05) is 0 Å². The molecule has 0 aliphatic carbocycles. The number of rotatable bonds is 9. The van der Waals surface area contributed by atoms with Crippen LogP contribution in [0, 0.1) is 0 Å². The monoisotopic (exact) mass is 272 g/mol. The van der Waals surface area contributed by atoms with Gasteiger partial charge in [-0.05, 0) is 44.1 Å². The van der Waals surface area contributed by atoms with Crippen molar-refractivity contribution in [3.05, 3.63) is 0 Å². The SMILES string of the molecule is CCCCCC(C)(CCCC)OC1CCSCC1. The maximum Gasteiger partial charge on any atom is 0.0658 e. The molecule has 0 aromatic carbocycles. The molecule has 0 saturated carbocycles. The van der Waals surface area contributed by atoms with E-state index < -0.39 is 0 Å². The van der Waals surface area contributed by atoms with Crippen LogP contribution in [0.1, 0.15) is 78.6 Å². The third-order valence-corrected chi connectivity index (χ3v) is 5.04. The second-order valence-corrected chi connectivity index (χ2v) is 7.16. The van der Waals surface area contributed by atoms with Gasteiger partial charge in [-0.25, -0.2) is 0 Å². The first-order chi connectivity index (χ1) is 8.70. The normalized spacial score (nSPS) is 20.8. The maximum atomic E-state index is 6.51. The van der Waals surface area contributed by atoms with Crippen LogP contribution < -0.4 is 0 Å². The minimum Gasteiger partial charge on any atom is -0.372 e. The van der Waals surface area contributed by atoms with E-state index in [1.165, 1.54) is 69.3 Å². The fourth-order valence-electron chi connectivity index (χ4n) is 2.74. The highest BCUT2D eigenvalue weighted by Gasteiger charge is 2.28. The molecule has 1 heterocycles. The molecule has 1 aliphatic heterocycles. The lowest BCUT2D eigenvalue weighted by molar-refractivity contribution is -0.0965. The zero-order valence-electron chi connectivity index (χ0n) is 12.7. The summed E-state index contributed by atoms with van der Waals surface area (Å²) < 4.78 is 6.51. The van der Waals surface area contributed by atoms with Gasteiger partial charge >= 0.3 is 0 Å². The van der Waals surface area contributed by atoms with Crippen molar-refractivity contribution in [1.82, 2.24) is 0 Å². The van der Waals surface area contributed by atoms with E-state index in [1.54, 1.807) is 0 Å². The quantitative estimate of drug-likeness (QED) is 0.518. The smallest absolute Gasteiger partial charge is 0.0658 e. The molecule has 1 nitrogen and oxygen atoms in total. The van der Waals surface area contributed by atoms with Crippen molar-refractivity contribution in [2.24, 2.45) is 0 Å². The van der Waals surface area contributed by atoms with E-state index >= 15 is 0 Å². The van der Waals surface area contributed by atoms with Gasteiger partial charge in [0.2, 0.25) is 0 Å². The number of thioether (sulfide) groups is 1. The molecule has 18 heavy (non-hydrogen) atoms. The fraction of sp³-hybridized carbons (Fsp3) is 1.00. The van der Waals surface area contributed by atoms with Crippen LogP contribution in [-0.2, 0) is 4.74 Å². The van der Waals surface area contributed by atoms with Gasteiger partial charge in [-0.2, -0.15) is 11.8 Å². The zero-order chi connectivity index (χ0) is 13.3. The molecule has 0 aromatic heterocycles. The van der Waals surface area contributed by atoms with Gasteiger partial charge in [-0.15, -0.1) is 0 Å². The lowest BCUT2D eigenvalue weighted by atomic mass is 9.91. The average molecular weight is 272 g/mol. The van der Waals surface area contributed by atoms with Crippen LogP contribution in [0.2, 0.25) is 0 Å². The molecule has 0 aromatic rings. The third kappa shape index (κ3) is 6.47. The highest BCUT2D eigenvalue weighted by atomic mass is 32.2. The lowest BCUT2D eigenvalue weighted by Gasteiger charge is -2.36. The summed E-state index contributed by atoms with van der Waals surface area (Å²) >= 11 is 2.08. The van der Waals surface area contributed by atoms with Crippen LogP contribution in [0.25, 0.3) is 0 Å². The van der Waals surface area contributed by atoms with Gasteiger partial charge in [0.25, 0.3) is 0 Å². The summed E-state index contributed by atoms with van der Waals surface area (Å²) in [6.45, 7) is 6.92. The maximum absolute atomic E-state index is 6.51. The van der Waals surface area contributed by atoms with Crippen molar-refractivity contribution in [2.45, 2.75) is 90.3 Å². The van der Waals surface area contributed by atoms with Crippen LogP contribution in [0.15, 0.2) is 0 Å². The van der Waals surface area contributed by atoms with Gasteiger partial charge < -0.3 is 4.74 Å². The Labute approximate surface area is 118 Å². The molecule has 108 valence electrons. The average Bonchev–Trinajstić information content (AvgIpc) is 2.38. The van der Waals surface area contributed by atoms with Crippen LogP contribution in [0.3, 0.4) is 0 Å². The molecule has 1 aliphatic rings. The summed E-state index contributed by atoms with van der Waals surface area (Å²) in [7, 11) is 0. The third-order valence-electron chi connectivity index (χ3n) is 3.99. The van der Waals surface area contributed by atoms with Crippen molar-refractivity contribution in [2.75, 3.05) is 11.5 Å². The summed E-state index contributed by atoms with van der Waals surface area (Å²) in [4.78, 5) is 0. The van der Waals surface area contributed by atoms with Crippen LogP contribution in [0.4, 0.5) is 0 Å². The summed E-state index contributed by atoms with van der Waals surface area (Å²) in [5.74, 6) is 2.59. The number of hydrogen-bond acceptors (Lipinski definition) is 2. The topological polar surface area (TPSA) is 9.23 Å². The molecule has 0 spiro atoms. The van der Waals surface area contributed by atoms with Crippen molar-refractivity contribution in [3.8, 4) is 0 Å². The molecule has 0 amide bonds. The summed E-state index contributed by atoms with van der Waals surface area (Å²) in [5.41, 5.74) is 0.151. The Morgan fingerprint density at radius 2 is 1.61 bits per heavy atom. The van der Waals surface area contributed by atoms with Gasteiger partial charge in [0.1, 0.15) is 0 Å². The first-order valence-electron chi connectivity index (χ1n) is 7.95. The molecule has 1 atom stereocenters. The molecule has 2 heteroatoms. The second kappa shape index (κ2) is 9.25. The molecule has 0 bridgehead atoms. The Hall–Kier alpha value is 0.310. The number of unbranched alkanes of at least 4 members (excludes halogenated alkanes) is 3. The molecule has 1 unspecified atom stereocenters. The Bertz CT molecular complexity index is 201. The largest absolute Gasteiger partial charge is 0.372 e. The van der Waals surface area contributed by atoms with Gasteiger partial charge in [0, 0.05) is 0 Å². The van der Waals surface area contributed by atoms with E-state index in [-0.39, 0.29) is 5.60 Å². The van der Waals surface area contributed by atoms with Crippen molar-refractivity contribution in [1.29, 1.82) is 0 Å².